The van der Waals surface area contributed by atoms with E-state index < -0.39 is 0 Å². The van der Waals surface area contributed by atoms with Crippen molar-refractivity contribution < 1.29 is 13.9 Å². The molecular formula is C21H27N5O3. The fraction of sp³-hybridized carbons (Fsp3) is 0.524. The number of aromatic nitrogens is 2. The van der Waals surface area contributed by atoms with E-state index in [0.29, 0.717) is 18.0 Å². The number of nitrogens with two attached hydrogens (primary N) is 1. The van der Waals surface area contributed by atoms with Crippen molar-refractivity contribution in [2.24, 2.45) is 5.92 Å². The van der Waals surface area contributed by atoms with E-state index in [0.717, 1.165) is 31.2 Å². The summed E-state index contributed by atoms with van der Waals surface area (Å²) >= 11 is 0. The summed E-state index contributed by atoms with van der Waals surface area (Å²) < 4.78 is 11.3. The van der Waals surface area contributed by atoms with Gasteiger partial charge in [-0.1, -0.05) is 43.4 Å². The van der Waals surface area contributed by atoms with Crippen molar-refractivity contribution in [1.82, 2.24) is 15.1 Å². The van der Waals surface area contributed by atoms with Crippen LogP contribution in [0.25, 0.3) is 0 Å². The molecule has 0 bridgehead atoms. The molecule has 2 N–H and O–H groups in total. The van der Waals surface area contributed by atoms with Gasteiger partial charge in [0.1, 0.15) is 6.61 Å². The highest BCUT2D eigenvalue weighted by atomic mass is 16.5. The zero-order chi connectivity index (χ0) is 20.6. The van der Waals surface area contributed by atoms with Gasteiger partial charge < -0.3 is 19.8 Å². The monoisotopic (exact) mass is 397 g/mol. The smallest absolute Gasteiger partial charge is 0.312 e. The number of nitrogens with zero attached hydrogens (tertiary/aromatic N) is 4. The molecule has 1 heterocycles. The van der Waals surface area contributed by atoms with E-state index in [1.807, 2.05) is 12.1 Å². The van der Waals surface area contributed by atoms with E-state index in [1.165, 1.54) is 6.42 Å². The first kappa shape index (κ1) is 20.8. The Morgan fingerprint density at radius 3 is 2.69 bits per heavy atom. The Morgan fingerprint density at radius 2 is 2.03 bits per heavy atom. The molecule has 0 spiro atoms. The zero-order valence-electron chi connectivity index (χ0n) is 16.7. The summed E-state index contributed by atoms with van der Waals surface area (Å²) in [4.78, 5) is 14.6. The van der Waals surface area contributed by atoms with Gasteiger partial charge in [0.15, 0.2) is 0 Å². The number of benzene rings is 1. The minimum absolute atomic E-state index is 0.0149. The summed E-state index contributed by atoms with van der Waals surface area (Å²) in [6.45, 7) is 2.68. The molecule has 2 unspecified atom stereocenters. The molecular weight excluding hydrogens is 370 g/mol. The predicted molar refractivity (Wildman–Crippen MR) is 106 cm³/mol. The first-order chi connectivity index (χ1) is 14.1. The molecule has 154 valence electrons. The second-order valence-electron chi connectivity index (χ2n) is 7.39. The van der Waals surface area contributed by atoms with Gasteiger partial charge in [0.2, 0.25) is 11.8 Å². The first-order valence-electron chi connectivity index (χ1n) is 10.0. The minimum Gasteiger partial charge on any atom is -0.406 e. The van der Waals surface area contributed by atoms with E-state index in [9.17, 15) is 4.79 Å². The molecule has 1 fully saturated rings. The predicted octanol–water partition coefficient (Wildman–Crippen LogP) is 3.04. The summed E-state index contributed by atoms with van der Waals surface area (Å²) in [7, 11) is 0. The normalized spacial score (nSPS) is 18.9. The Kier molecular flexibility index (Phi) is 7.19. The Balaban J connectivity index is 1.67. The lowest BCUT2D eigenvalue weighted by molar-refractivity contribution is -0.142. The van der Waals surface area contributed by atoms with Crippen molar-refractivity contribution in [3.8, 4) is 6.07 Å². The maximum atomic E-state index is 12.9. The maximum absolute atomic E-state index is 12.9. The van der Waals surface area contributed by atoms with Crippen molar-refractivity contribution in [3.63, 3.8) is 0 Å². The lowest BCUT2D eigenvalue weighted by atomic mass is 9.85. The number of carbonyl (C=O) groups is 1. The van der Waals surface area contributed by atoms with Gasteiger partial charge in [-0.2, -0.15) is 5.26 Å². The van der Waals surface area contributed by atoms with Crippen LogP contribution in [0.15, 0.2) is 28.7 Å². The SMILES string of the molecule is CCC1CCCCC1OCC(=O)N(Cc1ccc(C#N)cc1)Cc1nnc(N)o1. The number of nitrogen functional groups attached to an aromatic ring is 1. The second kappa shape index (κ2) is 10.0. The number of nitriles is 1. The summed E-state index contributed by atoms with van der Waals surface area (Å²) in [5.41, 5.74) is 6.97. The van der Waals surface area contributed by atoms with Crippen LogP contribution in [-0.2, 0) is 22.6 Å². The van der Waals surface area contributed by atoms with Gasteiger partial charge in [0.05, 0.1) is 24.3 Å². The number of hydrogen-bond donors (Lipinski definition) is 1. The van der Waals surface area contributed by atoms with Crippen LogP contribution < -0.4 is 5.73 Å². The standard InChI is InChI=1S/C21H27N5O3/c1-2-17-5-3-4-6-18(17)28-14-20(27)26(13-19-24-25-21(23)29-19)12-16-9-7-15(11-22)8-10-16/h7-10,17-18H,2-6,12-14H2,1H3,(H2,23,25). The van der Waals surface area contributed by atoms with Crippen molar-refractivity contribution in [2.75, 3.05) is 12.3 Å². The molecule has 8 nitrogen and oxygen atoms in total. The summed E-state index contributed by atoms with van der Waals surface area (Å²) in [5.74, 6) is 0.638. The lowest BCUT2D eigenvalue weighted by Gasteiger charge is -2.31. The van der Waals surface area contributed by atoms with Crippen LogP contribution in [0.1, 0.15) is 56.0 Å². The Hall–Kier alpha value is -2.92. The van der Waals surface area contributed by atoms with Crippen LogP contribution in [-0.4, -0.2) is 33.7 Å². The molecule has 0 aliphatic heterocycles. The van der Waals surface area contributed by atoms with E-state index in [2.05, 4.69) is 23.2 Å². The number of rotatable bonds is 8. The van der Waals surface area contributed by atoms with E-state index >= 15 is 0 Å². The molecule has 3 rings (SSSR count). The van der Waals surface area contributed by atoms with Crippen molar-refractivity contribution >= 4 is 11.9 Å². The van der Waals surface area contributed by atoms with Gasteiger partial charge in [-0.3, -0.25) is 4.79 Å². The third-order valence-electron chi connectivity index (χ3n) is 5.40. The Bertz CT molecular complexity index is 843. The maximum Gasteiger partial charge on any atom is 0.312 e. The molecule has 1 saturated carbocycles. The highest BCUT2D eigenvalue weighted by Gasteiger charge is 2.26. The van der Waals surface area contributed by atoms with Crippen LogP contribution >= 0.6 is 0 Å². The largest absolute Gasteiger partial charge is 0.406 e. The topological polar surface area (TPSA) is 118 Å². The first-order valence-corrected chi connectivity index (χ1v) is 10.0. The third kappa shape index (κ3) is 5.78. The number of hydrogen-bond acceptors (Lipinski definition) is 7. The summed E-state index contributed by atoms with van der Waals surface area (Å²) in [6.07, 6.45) is 5.73. The molecule has 2 atom stereocenters. The van der Waals surface area contributed by atoms with Gasteiger partial charge in [-0.15, -0.1) is 5.10 Å². The van der Waals surface area contributed by atoms with Gasteiger partial charge >= 0.3 is 6.01 Å². The van der Waals surface area contributed by atoms with E-state index in [-0.39, 0.29) is 37.1 Å². The fourth-order valence-electron chi connectivity index (χ4n) is 3.76. The molecule has 1 aromatic carbocycles. The molecule has 8 heteroatoms. The zero-order valence-corrected chi connectivity index (χ0v) is 16.7. The van der Waals surface area contributed by atoms with Crippen LogP contribution in [0, 0.1) is 17.2 Å². The van der Waals surface area contributed by atoms with Gasteiger partial charge in [-0.25, -0.2) is 0 Å². The number of amides is 1. The summed E-state index contributed by atoms with van der Waals surface area (Å²) in [5, 5.41) is 16.5. The summed E-state index contributed by atoms with van der Waals surface area (Å²) in [6, 6.07) is 9.18. The highest BCUT2D eigenvalue weighted by molar-refractivity contribution is 5.77. The lowest BCUT2D eigenvalue weighted by Crippen LogP contribution is -2.36. The number of carbonyl (C=O) groups excluding carboxylic acids is 1. The Labute approximate surface area is 170 Å². The fourth-order valence-corrected chi connectivity index (χ4v) is 3.76. The van der Waals surface area contributed by atoms with E-state index in [1.54, 1.807) is 17.0 Å². The molecule has 0 saturated heterocycles. The van der Waals surface area contributed by atoms with Crippen molar-refractivity contribution in [3.05, 3.63) is 41.3 Å². The van der Waals surface area contributed by atoms with Gasteiger partial charge in [0.25, 0.3) is 0 Å². The van der Waals surface area contributed by atoms with Crippen LogP contribution in [0.4, 0.5) is 6.01 Å². The Morgan fingerprint density at radius 1 is 1.28 bits per heavy atom. The van der Waals surface area contributed by atoms with E-state index in [4.69, 9.17) is 20.1 Å². The quantitative estimate of drug-likeness (QED) is 0.727. The third-order valence-corrected chi connectivity index (χ3v) is 5.40. The van der Waals surface area contributed by atoms with Gasteiger partial charge in [0, 0.05) is 6.54 Å². The average molecular weight is 397 g/mol. The second-order valence-corrected chi connectivity index (χ2v) is 7.39. The van der Waals surface area contributed by atoms with Crippen molar-refractivity contribution in [1.29, 1.82) is 5.26 Å². The molecule has 0 radical (unpaired) electrons. The highest BCUT2D eigenvalue weighted by Crippen LogP contribution is 2.29. The van der Waals surface area contributed by atoms with Crippen LogP contribution in [0.2, 0.25) is 0 Å². The molecule has 1 aromatic heterocycles. The molecule has 2 aromatic rings. The minimum atomic E-state index is -0.147. The van der Waals surface area contributed by atoms with Crippen LogP contribution in [0.3, 0.4) is 0 Å². The van der Waals surface area contributed by atoms with Crippen LogP contribution in [0.5, 0.6) is 0 Å². The molecule has 1 aliphatic carbocycles. The van der Waals surface area contributed by atoms with Crippen molar-refractivity contribution in [2.45, 2.75) is 58.2 Å². The molecule has 1 aliphatic rings. The number of ether oxygens (including phenoxy) is 1. The van der Waals surface area contributed by atoms with Gasteiger partial charge in [-0.05, 0) is 36.5 Å². The molecule has 1 amide bonds. The molecule has 29 heavy (non-hydrogen) atoms. The average Bonchev–Trinajstić information content (AvgIpc) is 3.16. The number of anilines is 1.